The normalized spacial score (nSPS) is 21.0. The Hall–Kier alpha value is -1.37. The minimum Gasteiger partial charge on any atom is -0.369 e. The van der Waals surface area contributed by atoms with E-state index in [1.807, 2.05) is 11.6 Å². The molecule has 0 aromatic carbocycles. The highest BCUT2D eigenvalue weighted by molar-refractivity contribution is 7.09. The molecular formula is C12H14N4OS. The van der Waals surface area contributed by atoms with Crippen LogP contribution < -0.4 is 0 Å². The van der Waals surface area contributed by atoms with Gasteiger partial charge in [0.15, 0.2) is 0 Å². The van der Waals surface area contributed by atoms with E-state index < -0.39 is 0 Å². The minimum atomic E-state index is 0.0208. The monoisotopic (exact) mass is 262 g/mol. The molecule has 0 radical (unpaired) electrons. The summed E-state index contributed by atoms with van der Waals surface area (Å²) in [7, 11) is 0. The number of nitrogens with zero attached hydrogens (tertiary/aromatic N) is 4. The van der Waals surface area contributed by atoms with Crippen LogP contribution in [0.2, 0.25) is 0 Å². The molecule has 0 unspecified atom stereocenters. The van der Waals surface area contributed by atoms with Crippen molar-refractivity contribution in [2.45, 2.75) is 12.6 Å². The van der Waals surface area contributed by atoms with E-state index in [0.717, 1.165) is 36.9 Å². The summed E-state index contributed by atoms with van der Waals surface area (Å²) in [5.41, 5.74) is 0.904. The molecule has 1 atom stereocenters. The molecule has 5 nitrogen and oxygen atoms in total. The third kappa shape index (κ3) is 2.72. The molecule has 2 aromatic rings. The molecule has 3 heterocycles. The zero-order valence-electron chi connectivity index (χ0n) is 9.90. The van der Waals surface area contributed by atoms with Crippen LogP contribution in [-0.2, 0) is 11.3 Å². The Morgan fingerprint density at radius 1 is 1.33 bits per heavy atom. The maximum atomic E-state index is 5.75. The SMILES string of the molecule is c1cnc([C@H]2CN(Cc3nccs3)CCO2)cn1. The maximum absolute atomic E-state index is 5.75. The van der Waals surface area contributed by atoms with Crippen molar-refractivity contribution in [3.05, 3.63) is 40.9 Å². The molecule has 0 spiro atoms. The lowest BCUT2D eigenvalue weighted by atomic mass is 10.2. The van der Waals surface area contributed by atoms with Crippen LogP contribution in [0.25, 0.3) is 0 Å². The van der Waals surface area contributed by atoms with Gasteiger partial charge in [0.25, 0.3) is 0 Å². The number of hydrogen-bond acceptors (Lipinski definition) is 6. The number of aromatic nitrogens is 3. The average Bonchev–Trinajstić information content (AvgIpc) is 2.93. The minimum absolute atomic E-state index is 0.0208. The molecule has 0 bridgehead atoms. The predicted octanol–water partition coefficient (Wildman–Crippen LogP) is 1.51. The molecule has 6 heteroatoms. The zero-order chi connectivity index (χ0) is 12.2. The molecule has 0 saturated carbocycles. The molecule has 18 heavy (non-hydrogen) atoms. The second-order valence-electron chi connectivity index (χ2n) is 4.15. The lowest BCUT2D eigenvalue weighted by Crippen LogP contribution is -2.38. The lowest BCUT2D eigenvalue weighted by Gasteiger charge is -2.31. The van der Waals surface area contributed by atoms with Gasteiger partial charge in [-0.25, -0.2) is 4.98 Å². The van der Waals surface area contributed by atoms with Gasteiger partial charge in [-0.2, -0.15) is 0 Å². The van der Waals surface area contributed by atoms with Crippen molar-refractivity contribution < 1.29 is 4.74 Å². The average molecular weight is 262 g/mol. The molecule has 0 N–H and O–H groups in total. The maximum Gasteiger partial charge on any atom is 0.114 e. The van der Waals surface area contributed by atoms with Crippen molar-refractivity contribution in [3.63, 3.8) is 0 Å². The van der Waals surface area contributed by atoms with Crippen LogP contribution >= 0.6 is 11.3 Å². The molecule has 94 valence electrons. The standard InChI is InChI=1S/C12H14N4OS/c1-2-14-10(7-13-1)11-8-16(4-5-17-11)9-12-15-3-6-18-12/h1-3,6-7,11H,4-5,8-9H2/t11-/m1/s1. The number of ether oxygens (including phenoxy) is 1. The summed E-state index contributed by atoms with van der Waals surface area (Å²) in [4.78, 5) is 15.1. The Morgan fingerprint density at radius 2 is 2.33 bits per heavy atom. The van der Waals surface area contributed by atoms with Crippen LogP contribution in [0.5, 0.6) is 0 Å². The highest BCUT2D eigenvalue weighted by Gasteiger charge is 2.23. The van der Waals surface area contributed by atoms with E-state index in [4.69, 9.17) is 4.74 Å². The smallest absolute Gasteiger partial charge is 0.114 e. The third-order valence-corrected chi connectivity index (χ3v) is 3.67. The molecule has 2 aromatic heterocycles. The van der Waals surface area contributed by atoms with Crippen molar-refractivity contribution in [2.75, 3.05) is 19.7 Å². The molecule has 1 saturated heterocycles. The van der Waals surface area contributed by atoms with Gasteiger partial charge in [-0.3, -0.25) is 14.9 Å². The molecule has 0 amide bonds. The van der Waals surface area contributed by atoms with Crippen LogP contribution in [0.4, 0.5) is 0 Å². The van der Waals surface area contributed by atoms with E-state index in [2.05, 4.69) is 19.9 Å². The third-order valence-electron chi connectivity index (χ3n) is 2.91. The van der Waals surface area contributed by atoms with Crippen molar-refractivity contribution >= 4 is 11.3 Å². The fraction of sp³-hybridized carbons (Fsp3) is 0.417. The Bertz CT molecular complexity index is 476. The van der Waals surface area contributed by atoms with Gasteiger partial charge in [0.1, 0.15) is 11.1 Å². The summed E-state index contributed by atoms with van der Waals surface area (Å²) < 4.78 is 5.75. The van der Waals surface area contributed by atoms with Gasteiger partial charge in [-0.1, -0.05) is 0 Å². The van der Waals surface area contributed by atoms with Gasteiger partial charge in [0, 0.05) is 37.1 Å². The summed E-state index contributed by atoms with van der Waals surface area (Å²) in [6.45, 7) is 3.40. The molecule has 1 aliphatic heterocycles. The first-order valence-electron chi connectivity index (χ1n) is 5.90. The Morgan fingerprint density at radius 3 is 3.11 bits per heavy atom. The van der Waals surface area contributed by atoms with Crippen LogP contribution in [0, 0.1) is 0 Å². The fourth-order valence-corrected chi connectivity index (χ4v) is 2.68. The fourth-order valence-electron chi connectivity index (χ4n) is 2.02. The van der Waals surface area contributed by atoms with Gasteiger partial charge in [0.05, 0.1) is 25.0 Å². The highest BCUT2D eigenvalue weighted by Crippen LogP contribution is 2.21. The van der Waals surface area contributed by atoms with E-state index in [1.165, 1.54) is 0 Å². The molecule has 0 aliphatic carbocycles. The van der Waals surface area contributed by atoms with Crippen molar-refractivity contribution in [2.24, 2.45) is 0 Å². The van der Waals surface area contributed by atoms with Gasteiger partial charge in [0.2, 0.25) is 0 Å². The number of thiazole rings is 1. The van der Waals surface area contributed by atoms with Crippen LogP contribution in [0.1, 0.15) is 16.8 Å². The van der Waals surface area contributed by atoms with Gasteiger partial charge in [-0.05, 0) is 0 Å². The number of hydrogen-bond donors (Lipinski definition) is 0. The van der Waals surface area contributed by atoms with Gasteiger partial charge in [-0.15, -0.1) is 11.3 Å². The second kappa shape index (κ2) is 5.51. The van der Waals surface area contributed by atoms with E-state index in [9.17, 15) is 0 Å². The zero-order valence-corrected chi connectivity index (χ0v) is 10.7. The van der Waals surface area contributed by atoms with Gasteiger partial charge >= 0.3 is 0 Å². The van der Waals surface area contributed by atoms with Crippen LogP contribution in [-0.4, -0.2) is 39.5 Å². The quantitative estimate of drug-likeness (QED) is 0.839. The summed E-state index contributed by atoms with van der Waals surface area (Å²) in [6.07, 6.45) is 7.03. The summed E-state index contributed by atoms with van der Waals surface area (Å²) in [5, 5.41) is 3.16. The Balaban J connectivity index is 1.65. The Labute approximate surface area is 109 Å². The molecule has 3 rings (SSSR count). The molecule has 1 aliphatic rings. The van der Waals surface area contributed by atoms with E-state index in [-0.39, 0.29) is 6.10 Å². The van der Waals surface area contributed by atoms with Gasteiger partial charge < -0.3 is 4.74 Å². The number of morpholine rings is 1. The predicted molar refractivity (Wildman–Crippen MR) is 68.1 cm³/mol. The Kier molecular flexibility index (Phi) is 3.59. The largest absolute Gasteiger partial charge is 0.369 e. The summed E-state index contributed by atoms with van der Waals surface area (Å²) in [6, 6.07) is 0. The summed E-state index contributed by atoms with van der Waals surface area (Å²) in [5.74, 6) is 0. The van der Waals surface area contributed by atoms with E-state index >= 15 is 0 Å². The molecule has 1 fully saturated rings. The molecular weight excluding hydrogens is 248 g/mol. The van der Waals surface area contributed by atoms with Crippen molar-refractivity contribution in [3.8, 4) is 0 Å². The topological polar surface area (TPSA) is 51.1 Å². The number of rotatable bonds is 3. The van der Waals surface area contributed by atoms with Crippen molar-refractivity contribution in [1.82, 2.24) is 19.9 Å². The van der Waals surface area contributed by atoms with Crippen molar-refractivity contribution in [1.29, 1.82) is 0 Å². The lowest BCUT2D eigenvalue weighted by molar-refractivity contribution is -0.0351. The summed E-state index contributed by atoms with van der Waals surface area (Å²) >= 11 is 1.69. The van der Waals surface area contributed by atoms with Crippen LogP contribution in [0.15, 0.2) is 30.2 Å². The first-order valence-corrected chi connectivity index (χ1v) is 6.78. The highest BCUT2D eigenvalue weighted by atomic mass is 32.1. The second-order valence-corrected chi connectivity index (χ2v) is 5.13. The van der Waals surface area contributed by atoms with E-state index in [1.54, 1.807) is 29.9 Å². The first-order chi connectivity index (χ1) is 8.92. The van der Waals surface area contributed by atoms with E-state index in [0.29, 0.717) is 0 Å². The first kappa shape index (κ1) is 11.7. The van der Waals surface area contributed by atoms with Crippen LogP contribution in [0.3, 0.4) is 0 Å².